The van der Waals surface area contributed by atoms with Gasteiger partial charge in [0.2, 0.25) is 0 Å². The third-order valence-corrected chi connectivity index (χ3v) is 4.08. The molecule has 1 saturated carbocycles. The highest BCUT2D eigenvalue weighted by Gasteiger charge is 2.18. The summed E-state index contributed by atoms with van der Waals surface area (Å²) in [5, 5.41) is 12.2. The molecule has 0 radical (unpaired) electrons. The largest absolute Gasteiger partial charge is 0.489 e. The third-order valence-electron chi connectivity index (χ3n) is 3.79. The lowest BCUT2D eigenvalue weighted by atomic mass is 10.2. The second kappa shape index (κ2) is 8.79. The fourth-order valence-corrected chi connectivity index (χ4v) is 2.84. The van der Waals surface area contributed by atoms with Gasteiger partial charge in [-0.2, -0.15) is 0 Å². The smallest absolute Gasteiger partial charge is 0.322 e. The summed E-state index contributed by atoms with van der Waals surface area (Å²) >= 11 is 6.25. The Morgan fingerprint density at radius 2 is 2.22 bits per heavy atom. The van der Waals surface area contributed by atoms with Crippen LogP contribution in [0.4, 0.5) is 10.5 Å². The number of carbonyl (C=O) groups is 1. The minimum absolute atomic E-state index is 0.101. The molecular formula is C17H23ClN2O3. The topological polar surface area (TPSA) is 61.8 Å². The Kier molecular flexibility index (Phi) is 6.74. The van der Waals surface area contributed by atoms with Crippen LogP contribution in [0.5, 0.6) is 5.75 Å². The molecule has 0 aromatic heterocycles. The van der Waals surface area contributed by atoms with Gasteiger partial charge >= 0.3 is 6.03 Å². The molecule has 1 aromatic rings. The minimum Gasteiger partial charge on any atom is -0.489 e. The summed E-state index contributed by atoms with van der Waals surface area (Å²) < 4.78 is 5.89. The van der Waals surface area contributed by atoms with E-state index in [0.29, 0.717) is 23.0 Å². The highest BCUT2D eigenvalue weighted by Crippen LogP contribution is 2.31. The van der Waals surface area contributed by atoms with Gasteiger partial charge in [-0.3, -0.25) is 0 Å². The van der Waals surface area contributed by atoms with Crippen molar-refractivity contribution in [3.05, 3.63) is 35.9 Å². The van der Waals surface area contributed by atoms with Crippen LogP contribution < -0.4 is 10.1 Å². The first-order valence-electron chi connectivity index (χ1n) is 7.88. The van der Waals surface area contributed by atoms with Gasteiger partial charge in [-0.25, -0.2) is 4.79 Å². The quantitative estimate of drug-likeness (QED) is 0.746. The van der Waals surface area contributed by atoms with Crippen molar-refractivity contribution in [1.82, 2.24) is 4.90 Å². The second-order valence-electron chi connectivity index (χ2n) is 5.56. The Balaban J connectivity index is 1.98. The first-order valence-corrected chi connectivity index (χ1v) is 8.25. The summed E-state index contributed by atoms with van der Waals surface area (Å²) in [4.78, 5) is 13.6. The predicted molar refractivity (Wildman–Crippen MR) is 92.2 cm³/mol. The molecule has 0 unspecified atom stereocenters. The van der Waals surface area contributed by atoms with Crippen LogP contribution in [0.1, 0.15) is 25.7 Å². The van der Waals surface area contributed by atoms with E-state index in [9.17, 15) is 4.79 Å². The summed E-state index contributed by atoms with van der Waals surface area (Å²) in [7, 11) is 0. The molecule has 0 spiro atoms. The van der Waals surface area contributed by atoms with Crippen LogP contribution >= 0.6 is 11.6 Å². The first-order chi connectivity index (χ1) is 11.1. The molecule has 0 aliphatic heterocycles. The van der Waals surface area contributed by atoms with Gasteiger partial charge < -0.3 is 20.1 Å². The maximum Gasteiger partial charge on any atom is 0.322 e. The van der Waals surface area contributed by atoms with Crippen molar-refractivity contribution in [1.29, 1.82) is 0 Å². The number of hydrogen-bond donors (Lipinski definition) is 2. The van der Waals surface area contributed by atoms with Crippen molar-refractivity contribution in [3.8, 4) is 5.75 Å². The van der Waals surface area contributed by atoms with Gasteiger partial charge in [-0.1, -0.05) is 17.7 Å². The van der Waals surface area contributed by atoms with Crippen LogP contribution in [0.15, 0.2) is 30.9 Å². The van der Waals surface area contributed by atoms with Gasteiger partial charge in [0, 0.05) is 18.8 Å². The maximum atomic E-state index is 12.1. The standard InChI is InChI=1S/C17H23ClN2O3/c1-2-9-20(10-11-21)17(22)19-13-7-8-16(15(18)12-13)23-14-5-3-4-6-14/h2,7-8,12,14,21H,1,3-6,9-11H2,(H,19,22). The number of ether oxygens (including phenoxy) is 1. The van der Waals surface area contributed by atoms with Gasteiger partial charge in [0.15, 0.2) is 0 Å². The number of hydrogen-bond acceptors (Lipinski definition) is 3. The van der Waals surface area contributed by atoms with E-state index in [1.165, 1.54) is 17.7 Å². The van der Waals surface area contributed by atoms with E-state index in [2.05, 4.69) is 11.9 Å². The van der Waals surface area contributed by atoms with Gasteiger partial charge in [0.05, 0.1) is 17.7 Å². The number of carbonyl (C=O) groups excluding carboxylic acids is 1. The van der Waals surface area contributed by atoms with Gasteiger partial charge in [0.1, 0.15) is 5.75 Å². The number of rotatable bonds is 7. The fraction of sp³-hybridized carbons (Fsp3) is 0.471. The molecule has 1 aliphatic rings. The summed E-state index contributed by atoms with van der Waals surface area (Å²) in [6.45, 7) is 4.11. The van der Waals surface area contributed by atoms with E-state index in [4.69, 9.17) is 21.4 Å². The van der Waals surface area contributed by atoms with Gasteiger partial charge in [-0.05, 0) is 43.9 Å². The van der Waals surface area contributed by atoms with Crippen LogP contribution in [-0.4, -0.2) is 41.8 Å². The Morgan fingerprint density at radius 1 is 1.48 bits per heavy atom. The summed E-state index contributed by atoms with van der Waals surface area (Å²) in [5.74, 6) is 0.648. The molecule has 126 valence electrons. The van der Waals surface area contributed by atoms with Crippen molar-refractivity contribution in [2.75, 3.05) is 25.0 Å². The van der Waals surface area contributed by atoms with Gasteiger partial charge in [-0.15, -0.1) is 6.58 Å². The van der Waals surface area contributed by atoms with Crippen molar-refractivity contribution in [2.24, 2.45) is 0 Å². The number of urea groups is 1. The van der Waals surface area contributed by atoms with Crippen molar-refractivity contribution >= 4 is 23.3 Å². The minimum atomic E-state index is -0.306. The molecule has 0 saturated heterocycles. The zero-order valence-corrected chi connectivity index (χ0v) is 13.9. The molecule has 5 nitrogen and oxygen atoms in total. The van der Waals surface area contributed by atoms with Crippen LogP contribution in [0.25, 0.3) is 0 Å². The number of nitrogens with one attached hydrogen (secondary N) is 1. The average Bonchev–Trinajstić information content (AvgIpc) is 3.03. The molecule has 23 heavy (non-hydrogen) atoms. The normalized spacial score (nSPS) is 14.5. The van der Waals surface area contributed by atoms with Crippen molar-refractivity contribution in [3.63, 3.8) is 0 Å². The molecule has 1 fully saturated rings. The molecule has 6 heteroatoms. The van der Waals surface area contributed by atoms with Crippen LogP contribution in [-0.2, 0) is 0 Å². The van der Waals surface area contributed by atoms with Gasteiger partial charge in [0.25, 0.3) is 0 Å². The zero-order chi connectivity index (χ0) is 16.7. The van der Waals surface area contributed by atoms with E-state index in [-0.39, 0.29) is 25.3 Å². The first kappa shape index (κ1) is 17.6. The molecule has 2 rings (SSSR count). The lowest BCUT2D eigenvalue weighted by Gasteiger charge is -2.21. The number of aliphatic hydroxyl groups excluding tert-OH is 1. The lowest BCUT2D eigenvalue weighted by molar-refractivity contribution is 0.195. The molecule has 2 N–H and O–H groups in total. The Morgan fingerprint density at radius 3 is 2.83 bits per heavy atom. The number of halogens is 1. The van der Waals surface area contributed by atoms with Crippen molar-refractivity contribution in [2.45, 2.75) is 31.8 Å². The van der Waals surface area contributed by atoms with E-state index < -0.39 is 0 Å². The second-order valence-corrected chi connectivity index (χ2v) is 5.97. The number of aliphatic hydroxyl groups is 1. The summed E-state index contributed by atoms with van der Waals surface area (Å²) in [6.07, 6.45) is 6.36. The Bertz CT molecular complexity index is 545. The lowest BCUT2D eigenvalue weighted by Crippen LogP contribution is -2.37. The molecule has 0 heterocycles. The maximum absolute atomic E-state index is 12.1. The number of amides is 2. The summed E-state index contributed by atoms with van der Waals surface area (Å²) in [5.41, 5.74) is 0.589. The van der Waals surface area contributed by atoms with Crippen LogP contribution in [0.3, 0.4) is 0 Å². The molecule has 0 atom stereocenters. The molecule has 1 aliphatic carbocycles. The monoisotopic (exact) mass is 338 g/mol. The van der Waals surface area contributed by atoms with Crippen LogP contribution in [0, 0.1) is 0 Å². The predicted octanol–water partition coefficient (Wildman–Crippen LogP) is 3.67. The third kappa shape index (κ3) is 5.15. The zero-order valence-electron chi connectivity index (χ0n) is 13.1. The average molecular weight is 339 g/mol. The number of nitrogens with zero attached hydrogens (tertiary/aromatic N) is 1. The van der Waals surface area contributed by atoms with E-state index in [0.717, 1.165) is 12.8 Å². The molecule has 2 amide bonds. The molecule has 0 bridgehead atoms. The number of anilines is 1. The molecule has 1 aromatic carbocycles. The Labute approximate surface area is 141 Å². The highest BCUT2D eigenvalue weighted by atomic mass is 35.5. The van der Waals surface area contributed by atoms with E-state index in [1.54, 1.807) is 24.3 Å². The van der Waals surface area contributed by atoms with E-state index >= 15 is 0 Å². The van der Waals surface area contributed by atoms with E-state index in [1.807, 2.05) is 0 Å². The van der Waals surface area contributed by atoms with Crippen molar-refractivity contribution < 1.29 is 14.6 Å². The SMILES string of the molecule is C=CCN(CCO)C(=O)Nc1ccc(OC2CCCC2)c(Cl)c1. The fourth-order valence-electron chi connectivity index (χ4n) is 2.61. The number of benzene rings is 1. The van der Waals surface area contributed by atoms with Crippen LogP contribution in [0.2, 0.25) is 5.02 Å². The summed E-state index contributed by atoms with van der Waals surface area (Å²) in [6, 6.07) is 4.91. The highest BCUT2D eigenvalue weighted by molar-refractivity contribution is 6.32. The molecular weight excluding hydrogens is 316 g/mol. The Hall–Kier alpha value is -1.72.